The third kappa shape index (κ3) is 6.11. The van der Waals surface area contributed by atoms with E-state index in [0.717, 1.165) is 20.3 Å². The summed E-state index contributed by atoms with van der Waals surface area (Å²) >= 11 is 11.7. The van der Waals surface area contributed by atoms with E-state index < -0.39 is 22.0 Å². The molecule has 0 saturated carbocycles. The lowest BCUT2D eigenvalue weighted by atomic mass is 10.3. The molecule has 0 aliphatic carbocycles. The van der Waals surface area contributed by atoms with Gasteiger partial charge < -0.3 is 14.8 Å². The van der Waals surface area contributed by atoms with Crippen LogP contribution in [0, 0.1) is 0 Å². The van der Waals surface area contributed by atoms with Crippen LogP contribution in [-0.2, 0) is 29.1 Å². The van der Waals surface area contributed by atoms with Crippen molar-refractivity contribution in [3.05, 3.63) is 64.3 Å². The maximum atomic E-state index is 12.5. The Hall–Kier alpha value is -2.75. The summed E-state index contributed by atoms with van der Waals surface area (Å²) in [5, 5.41) is 3.18. The first-order valence-electron chi connectivity index (χ1n) is 7.89. The van der Waals surface area contributed by atoms with Gasteiger partial charge in [-0.1, -0.05) is 23.2 Å². The number of anilines is 2. The summed E-state index contributed by atoms with van der Waals surface area (Å²) in [5.41, 5.74) is 0.415. The topological polar surface area (TPSA) is 111 Å². The van der Waals surface area contributed by atoms with E-state index >= 15 is 0 Å². The van der Waals surface area contributed by atoms with Gasteiger partial charge >= 0.3 is 11.9 Å². The maximum absolute atomic E-state index is 12.5. The van der Waals surface area contributed by atoms with Crippen LogP contribution in [0.4, 0.5) is 11.4 Å². The molecule has 0 fully saturated rings. The molecule has 0 aromatic heterocycles. The molecule has 0 atom stereocenters. The standard InChI is InChI=1S/C18H16Cl2N2O6S/c1-27-17(23)10-16(18(24)28-2)21-11-3-6-13(7-4-11)29(25,26)22-12-5-8-14(19)15(20)9-12/h3-10,21-22H,1-2H3/b16-10+. The minimum Gasteiger partial charge on any atom is -0.466 e. The molecule has 2 N–H and O–H groups in total. The molecule has 0 aliphatic heterocycles. The van der Waals surface area contributed by atoms with Gasteiger partial charge in [0.15, 0.2) is 0 Å². The summed E-state index contributed by atoms with van der Waals surface area (Å²) in [7, 11) is -1.58. The zero-order valence-electron chi connectivity index (χ0n) is 15.2. The molecule has 0 radical (unpaired) electrons. The Bertz CT molecular complexity index is 1050. The number of methoxy groups -OCH3 is 2. The van der Waals surface area contributed by atoms with Crippen molar-refractivity contribution in [2.75, 3.05) is 24.3 Å². The molecule has 0 saturated heterocycles. The van der Waals surface area contributed by atoms with Crippen molar-refractivity contribution in [3.8, 4) is 0 Å². The average molecular weight is 459 g/mol. The van der Waals surface area contributed by atoms with Crippen LogP contribution in [0.5, 0.6) is 0 Å². The first kappa shape index (κ1) is 22.5. The second-order valence-corrected chi connectivity index (χ2v) is 7.95. The Morgan fingerprint density at radius 2 is 1.55 bits per heavy atom. The molecule has 11 heteroatoms. The smallest absolute Gasteiger partial charge is 0.354 e. The van der Waals surface area contributed by atoms with Crippen LogP contribution in [0.1, 0.15) is 0 Å². The third-order valence-electron chi connectivity index (χ3n) is 3.48. The number of benzene rings is 2. The van der Waals surface area contributed by atoms with Crippen molar-refractivity contribution in [2.45, 2.75) is 4.90 Å². The molecule has 154 valence electrons. The highest BCUT2D eigenvalue weighted by Crippen LogP contribution is 2.26. The van der Waals surface area contributed by atoms with E-state index in [1.165, 1.54) is 42.5 Å². The van der Waals surface area contributed by atoms with E-state index in [1.807, 2.05) is 0 Å². The summed E-state index contributed by atoms with van der Waals surface area (Å²) in [6.07, 6.45) is 0.919. The monoisotopic (exact) mass is 458 g/mol. The van der Waals surface area contributed by atoms with Gasteiger partial charge in [0.05, 0.1) is 40.9 Å². The number of carbonyl (C=O) groups excluding carboxylic acids is 2. The number of carbonyl (C=O) groups is 2. The molecular weight excluding hydrogens is 443 g/mol. The zero-order valence-corrected chi connectivity index (χ0v) is 17.6. The Kier molecular flexibility index (Phi) is 7.49. The number of rotatable bonds is 7. The number of hydrogen-bond donors (Lipinski definition) is 2. The molecule has 2 aromatic rings. The Morgan fingerprint density at radius 3 is 2.10 bits per heavy atom. The number of ether oxygens (including phenoxy) is 2. The van der Waals surface area contributed by atoms with Crippen molar-refractivity contribution in [3.63, 3.8) is 0 Å². The van der Waals surface area contributed by atoms with Crippen LogP contribution in [-0.4, -0.2) is 34.6 Å². The van der Waals surface area contributed by atoms with Gasteiger partial charge in [-0.2, -0.15) is 0 Å². The minimum atomic E-state index is -3.89. The fourth-order valence-electron chi connectivity index (χ4n) is 2.08. The van der Waals surface area contributed by atoms with Crippen molar-refractivity contribution in [1.29, 1.82) is 0 Å². The molecule has 0 unspecified atom stereocenters. The Balaban J connectivity index is 2.21. The van der Waals surface area contributed by atoms with Crippen LogP contribution in [0.15, 0.2) is 59.1 Å². The second-order valence-electron chi connectivity index (χ2n) is 5.46. The lowest BCUT2D eigenvalue weighted by Gasteiger charge is -2.11. The van der Waals surface area contributed by atoms with Crippen molar-refractivity contribution in [1.82, 2.24) is 0 Å². The van der Waals surface area contributed by atoms with Gasteiger partial charge in [0.1, 0.15) is 5.70 Å². The first-order chi connectivity index (χ1) is 13.7. The Morgan fingerprint density at radius 1 is 0.931 bits per heavy atom. The molecular formula is C18H16Cl2N2O6S. The average Bonchev–Trinajstić information content (AvgIpc) is 2.69. The lowest BCUT2D eigenvalue weighted by molar-refractivity contribution is -0.138. The van der Waals surface area contributed by atoms with E-state index in [0.29, 0.717) is 10.7 Å². The third-order valence-corrected chi connectivity index (χ3v) is 5.62. The number of sulfonamides is 1. The quantitative estimate of drug-likeness (QED) is 0.482. The first-order valence-corrected chi connectivity index (χ1v) is 10.1. The number of hydrogen-bond acceptors (Lipinski definition) is 7. The lowest BCUT2D eigenvalue weighted by Crippen LogP contribution is -2.16. The van der Waals surface area contributed by atoms with Crippen LogP contribution >= 0.6 is 23.2 Å². The Labute approximate surface area is 177 Å². The maximum Gasteiger partial charge on any atom is 0.354 e. The van der Waals surface area contributed by atoms with Gasteiger partial charge in [0.25, 0.3) is 10.0 Å². The zero-order chi connectivity index (χ0) is 21.6. The van der Waals surface area contributed by atoms with Crippen molar-refractivity contribution in [2.24, 2.45) is 0 Å². The minimum absolute atomic E-state index is 0.0364. The molecule has 0 amide bonds. The van der Waals surface area contributed by atoms with Gasteiger partial charge in [-0.3, -0.25) is 4.72 Å². The molecule has 8 nitrogen and oxygen atoms in total. The highest BCUT2D eigenvalue weighted by atomic mass is 35.5. The van der Waals surface area contributed by atoms with E-state index in [1.54, 1.807) is 0 Å². The van der Waals surface area contributed by atoms with Gasteiger partial charge in [0.2, 0.25) is 0 Å². The second kappa shape index (κ2) is 9.64. The molecule has 0 spiro atoms. The van der Waals surface area contributed by atoms with Crippen LogP contribution < -0.4 is 10.0 Å². The molecule has 0 aliphatic rings. The molecule has 0 heterocycles. The highest BCUT2D eigenvalue weighted by Gasteiger charge is 2.16. The normalized spacial score (nSPS) is 11.5. The number of nitrogens with one attached hydrogen (secondary N) is 2. The molecule has 2 aromatic carbocycles. The van der Waals surface area contributed by atoms with E-state index in [4.69, 9.17) is 23.2 Å². The summed E-state index contributed by atoms with van der Waals surface area (Å²) in [4.78, 5) is 23.1. The van der Waals surface area contributed by atoms with Crippen LogP contribution in [0.2, 0.25) is 10.0 Å². The predicted octanol–water partition coefficient (Wildman–Crippen LogP) is 3.44. The van der Waals surface area contributed by atoms with Crippen LogP contribution in [0.3, 0.4) is 0 Å². The van der Waals surface area contributed by atoms with Crippen LogP contribution in [0.25, 0.3) is 0 Å². The van der Waals surface area contributed by atoms with E-state index in [-0.39, 0.29) is 21.3 Å². The highest BCUT2D eigenvalue weighted by molar-refractivity contribution is 7.92. The fourth-order valence-corrected chi connectivity index (χ4v) is 3.43. The summed E-state index contributed by atoms with van der Waals surface area (Å²) in [6, 6.07) is 9.79. The number of esters is 2. The number of halogens is 2. The molecule has 2 rings (SSSR count). The van der Waals surface area contributed by atoms with Crippen molar-refractivity contribution >= 4 is 56.5 Å². The molecule has 29 heavy (non-hydrogen) atoms. The van der Waals surface area contributed by atoms with Gasteiger partial charge in [-0.05, 0) is 42.5 Å². The summed E-state index contributed by atoms with van der Waals surface area (Å²) < 4.78 is 36.5. The summed E-state index contributed by atoms with van der Waals surface area (Å²) in [5.74, 6) is -1.56. The fraction of sp³-hybridized carbons (Fsp3) is 0.111. The summed E-state index contributed by atoms with van der Waals surface area (Å²) in [6.45, 7) is 0. The largest absolute Gasteiger partial charge is 0.466 e. The van der Waals surface area contributed by atoms with Crippen molar-refractivity contribution < 1.29 is 27.5 Å². The SMILES string of the molecule is COC(=O)/C=C(/Nc1ccc(S(=O)(=O)Nc2ccc(Cl)c(Cl)c2)cc1)C(=O)OC. The van der Waals surface area contributed by atoms with Gasteiger partial charge in [0, 0.05) is 5.69 Å². The van der Waals surface area contributed by atoms with Gasteiger partial charge in [-0.25, -0.2) is 18.0 Å². The molecule has 0 bridgehead atoms. The van der Waals surface area contributed by atoms with E-state index in [2.05, 4.69) is 19.5 Å². The van der Waals surface area contributed by atoms with Gasteiger partial charge in [-0.15, -0.1) is 0 Å². The predicted molar refractivity (Wildman–Crippen MR) is 109 cm³/mol. The van der Waals surface area contributed by atoms with E-state index in [9.17, 15) is 18.0 Å².